The Bertz CT molecular complexity index is 813. The van der Waals surface area contributed by atoms with Crippen LogP contribution in [0.1, 0.15) is 34.6 Å². The second-order valence-electron chi connectivity index (χ2n) is 6.62. The molecule has 7 nitrogen and oxygen atoms in total. The minimum atomic E-state index is -2.64. The van der Waals surface area contributed by atoms with E-state index in [2.05, 4.69) is 15.3 Å². The number of aromatic nitrogens is 2. The van der Waals surface area contributed by atoms with Gasteiger partial charge in [-0.3, -0.25) is 9.59 Å². The predicted octanol–water partition coefficient (Wildman–Crippen LogP) is 1.94. The number of halogens is 2. The molecule has 1 fully saturated rings. The number of alkyl halides is 2. The molecular weight excluding hydrogens is 370 g/mol. The van der Waals surface area contributed by atoms with Crippen molar-refractivity contribution in [2.45, 2.75) is 31.4 Å². The van der Waals surface area contributed by atoms with E-state index in [1.54, 1.807) is 12.4 Å². The van der Waals surface area contributed by atoms with Crippen LogP contribution in [0.2, 0.25) is 0 Å². The number of aryl methyl sites for hydroxylation is 1. The average molecular weight is 392 g/mol. The molecule has 2 atom stereocenters. The summed E-state index contributed by atoms with van der Waals surface area (Å²) < 4.78 is 31.2. The number of hydrogen-bond acceptors (Lipinski definition) is 4. The summed E-state index contributed by atoms with van der Waals surface area (Å²) in [4.78, 5) is 33.4. The normalized spacial score (nSPS) is 19.2. The lowest BCUT2D eigenvalue weighted by Gasteiger charge is -2.18. The molecule has 0 radical (unpaired) electrons. The average Bonchev–Trinajstić information content (AvgIpc) is 3.35. The molecule has 2 aromatic rings. The van der Waals surface area contributed by atoms with Crippen molar-refractivity contribution in [2.24, 2.45) is 0 Å². The standard InChI is InChI=1S/C19H22F2N4O3/c1-28-15-11-25(19(27)13-4-2-3-12(9-13)18(20)21)10-14(15)24-17(26)6-5-16-22-7-8-23-16/h2-4,7-9,14-15,18H,5-6,10-11H2,1H3,(H,22,23)(H,24,26)/t14-,15-/m1/s1. The largest absolute Gasteiger partial charge is 0.377 e. The SMILES string of the molecule is CO[C@@H]1CN(C(=O)c2cccc(C(F)F)c2)C[C@H]1NC(=O)CCc1ncc[nH]1. The van der Waals surface area contributed by atoms with Crippen LogP contribution in [0.3, 0.4) is 0 Å². The Morgan fingerprint density at radius 1 is 1.39 bits per heavy atom. The molecule has 0 bridgehead atoms. The lowest BCUT2D eigenvalue weighted by Crippen LogP contribution is -2.43. The van der Waals surface area contributed by atoms with Gasteiger partial charge in [0.1, 0.15) is 5.82 Å². The monoisotopic (exact) mass is 392 g/mol. The third-order valence-corrected chi connectivity index (χ3v) is 4.73. The molecule has 2 amide bonds. The van der Waals surface area contributed by atoms with Crippen LogP contribution >= 0.6 is 0 Å². The van der Waals surface area contributed by atoms with E-state index in [-0.39, 0.29) is 54.6 Å². The molecule has 2 N–H and O–H groups in total. The minimum Gasteiger partial charge on any atom is -0.377 e. The van der Waals surface area contributed by atoms with Crippen LogP contribution in [0.15, 0.2) is 36.7 Å². The van der Waals surface area contributed by atoms with Crippen LogP contribution in [-0.2, 0) is 16.0 Å². The van der Waals surface area contributed by atoms with Gasteiger partial charge in [0.2, 0.25) is 5.91 Å². The molecule has 1 aliphatic heterocycles. The van der Waals surface area contributed by atoms with Gasteiger partial charge < -0.3 is 19.9 Å². The van der Waals surface area contributed by atoms with E-state index in [0.717, 1.165) is 5.82 Å². The van der Waals surface area contributed by atoms with E-state index in [1.165, 1.54) is 36.3 Å². The maximum absolute atomic E-state index is 12.9. The summed E-state index contributed by atoms with van der Waals surface area (Å²) in [6, 6.07) is 5.06. The quantitative estimate of drug-likeness (QED) is 0.754. The van der Waals surface area contributed by atoms with Gasteiger partial charge in [-0.2, -0.15) is 0 Å². The van der Waals surface area contributed by atoms with Crippen LogP contribution < -0.4 is 5.32 Å². The van der Waals surface area contributed by atoms with Crippen molar-refractivity contribution >= 4 is 11.8 Å². The number of amides is 2. The van der Waals surface area contributed by atoms with Crippen molar-refractivity contribution in [3.05, 3.63) is 53.6 Å². The number of carbonyl (C=O) groups is 2. The zero-order valence-corrected chi connectivity index (χ0v) is 15.4. The van der Waals surface area contributed by atoms with Gasteiger partial charge in [-0.05, 0) is 12.1 Å². The first-order valence-corrected chi connectivity index (χ1v) is 8.95. The number of methoxy groups -OCH3 is 1. The summed E-state index contributed by atoms with van der Waals surface area (Å²) in [5.41, 5.74) is -0.00596. The van der Waals surface area contributed by atoms with Gasteiger partial charge >= 0.3 is 0 Å². The zero-order valence-electron chi connectivity index (χ0n) is 15.4. The van der Waals surface area contributed by atoms with E-state index >= 15 is 0 Å². The fraction of sp³-hybridized carbons (Fsp3) is 0.421. The fourth-order valence-corrected chi connectivity index (χ4v) is 3.25. The summed E-state index contributed by atoms with van der Waals surface area (Å²) >= 11 is 0. The highest BCUT2D eigenvalue weighted by atomic mass is 19.3. The minimum absolute atomic E-state index is 0.169. The van der Waals surface area contributed by atoms with Crippen LogP contribution in [0.25, 0.3) is 0 Å². The lowest BCUT2D eigenvalue weighted by molar-refractivity contribution is -0.122. The Kier molecular flexibility index (Phi) is 6.35. The van der Waals surface area contributed by atoms with Gasteiger partial charge in [0, 0.05) is 56.6 Å². The summed E-state index contributed by atoms with van der Waals surface area (Å²) in [6.07, 6.45) is 1.04. The first-order chi connectivity index (χ1) is 13.5. The highest BCUT2D eigenvalue weighted by molar-refractivity contribution is 5.94. The molecule has 150 valence electrons. The van der Waals surface area contributed by atoms with Crippen LogP contribution in [0.5, 0.6) is 0 Å². The van der Waals surface area contributed by atoms with Gasteiger partial charge in [-0.1, -0.05) is 12.1 Å². The third-order valence-electron chi connectivity index (χ3n) is 4.73. The van der Waals surface area contributed by atoms with Crippen molar-refractivity contribution in [3.63, 3.8) is 0 Å². The maximum Gasteiger partial charge on any atom is 0.263 e. The number of rotatable bonds is 7. The van der Waals surface area contributed by atoms with E-state index in [1.807, 2.05) is 0 Å². The number of benzene rings is 1. The van der Waals surface area contributed by atoms with E-state index in [9.17, 15) is 18.4 Å². The Morgan fingerprint density at radius 3 is 2.89 bits per heavy atom. The molecule has 0 unspecified atom stereocenters. The highest BCUT2D eigenvalue weighted by Gasteiger charge is 2.36. The second-order valence-corrected chi connectivity index (χ2v) is 6.62. The van der Waals surface area contributed by atoms with Gasteiger partial charge in [0.05, 0.1) is 12.1 Å². The summed E-state index contributed by atoms with van der Waals surface area (Å²) in [6.45, 7) is 0.528. The number of nitrogens with one attached hydrogen (secondary N) is 2. The number of nitrogens with zero attached hydrogens (tertiary/aromatic N) is 2. The number of ether oxygens (including phenoxy) is 1. The molecule has 1 aromatic carbocycles. The molecular formula is C19H22F2N4O3. The number of H-pyrrole nitrogens is 1. The van der Waals surface area contributed by atoms with E-state index in [0.29, 0.717) is 6.42 Å². The van der Waals surface area contributed by atoms with Crippen molar-refractivity contribution in [1.29, 1.82) is 0 Å². The molecule has 0 spiro atoms. The van der Waals surface area contributed by atoms with Gasteiger partial charge in [0.15, 0.2) is 0 Å². The number of imidazole rings is 1. The Morgan fingerprint density at radius 2 is 2.21 bits per heavy atom. The molecule has 0 saturated carbocycles. The molecule has 9 heteroatoms. The molecule has 28 heavy (non-hydrogen) atoms. The lowest BCUT2D eigenvalue weighted by atomic mass is 10.1. The van der Waals surface area contributed by atoms with Crippen molar-refractivity contribution < 1.29 is 23.1 Å². The molecule has 1 aliphatic rings. The molecule has 1 aromatic heterocycles. The van der Waals surface area contributed by atoms with Gasteiger partial charge in [-0.25, -0.2) is 13.8 Å². The van der Waals surface area contributed by atoms with Crippen molar-refractivity contribution in [3.8, 4) is 0 Å². The van der Waals surface area contributed by atoms with Crippen LogP contribution in [-0.4, -0.2) is 59.0 Å². The van der Waals surface area contributed by atoms with Gasteiger partial charge in [-0.15, -0.1) is 0 Å². The molecule has 2 heterocycles. The van der Waals surface area contributed by atoms with Crippen LogP contribution in [0, 0.1) is 0 Å². The highest BCUT2D eigenvalue weighted by Crippen LogP contribution is 2.22. The predicted molar refractivity (Wildman–Crippen MR) is 96.9 cm³/mol. The Labute approximate surface area is 161 Å². The maximum atomic E-state index is 12.9. The van der Waals surface area contributed by atoms with Crippen LogP contribution in [0.4, 0.5) is 8.78 Å². The second kappa shape index (κ2) is 8.92. The third kappa shape index (κ3) is 4.72. The number of likely N-dealkylation sites (tertiary alicyclic amines) is 1. The van der Waals surface area contributed by atoms with E-state index < -0.39 is 6.43 Å². The Balaban J connectivity index is 1.60. The van der Waals surface area contributed by atoms with Crippen molar-refractivity contribution in [1.82, 2.24) is 20.2 Å². The molecule has 1 saturated heterocycles. The zero-order chi connectivity index (χ0) is 20.1. The topological polar surface area (TPSA) is 87.3 Å². The fourth-order valence-electron chi connectivity index (χ4n) is 3.25. The van der Waals surface area contributed by atoms with Crippen molar-refractivity contribution in [2.75, 3.05) is 20.2 Å². The molecule has 3 rings (SSSR count). The number of hydrogen-bond donors (Lipinski definition) is 2. The first kappa shape index (κ1) is 19.9. The first-order valence-electron chi connectivity index (χ1n) is 8.95. The van der Waals surface area contributed by atoms with E-state index in [4.69, 9.17) is 4.74 Å². The number of aromatic amines is 1. The summed E-state index contributed by atoms with van der Waals surface area (Å²) in [5.74, 6) is 0.190. The molecule has 0 aliphatic carbocycles. The Hall–Kier alpha value is -2.81. The summed E-state index contributed by atoms with van der Waals surface area (Å²) in [7, 11) is 1.51. The summed E-state index contributed by atoms with van der Waals surface area (Å²) in [5, 5.41) is 2.89. The number of carbonyl (C=O) groups excluding carboxylic acids is 2. The van der Waals surface area contributed by atoms with Gasteiger partial charge in [0.25, 0.3) is 12.3 Å². The smallest absolute Gasteiger partial charge is 0.263 e.